The van der Waals surface area contributed by atoms with Crippen LogP contribution in [0.4, 0.5) is 0 Å². The molecule has 4 heteroatoms. The summed E-state index contributed by atoms with van der Waals surface area (Å²) in [5.41, 5.74) is 2.48. The normalized spacial score (nSPS) is 10.8. The number of rotatable bonds is 5. The quantitative estimate of drug-likeness (QED) is 0.709. The van der Waals surface area contributed by atoms with E-state index < -0.39 is 0 Å². The molecule has 23 heavy (non-hydrogen) atoms. The highest BCUT2D eigenvalue weighted by molar-refractivity contribution is 5.96. The molecule has 0 atom stereocenters. The van der Waals surface area contributed by atoms with Crippen LogP contribution < -0.4 is 5.32 Å². The van der Waals surface area contributed by atoms with E-state index in [9.17, 15) is 9.90 Å². The van der Waals surface area contributed by atoms with Gasteiger partial charge >= 0.3 is 0 Å². The first-order chi connectivity index (χ1) is 11.1. The van der Waals surface area contributed by atoms with Crippen molar-refractivity contribution in [2.45, 2.75) is 19.9 Å². The first kappa shape index (κ1) is 15.2. The van der Waals surface area contributed by atoms with Crippen molar-refractivity contribution in [3.05, 3.63) is 65.9 Å². The molecule has 0 bridgehead atoms. The van der Waals surface area contributed by atoms with E-state index in [0.717, 1.165) is 18.5 Å². The Morgan fingerprint density at radius 1 is 1.17 bits per heavy atom. The van der Waals surface area contributed by atoms with Crippen LogP contribution in [-0.4, -0.2) is 22.1 Å². The number of aromatic nitrogens is 1. The molecule has 1 amide bonds. The number of carbonyl (C=O) groups excluding carboxylic acids is 1. The zero-order valence-corrected chi connectivity index (χ0v) is 13.1. The Morgan fingerprint density at radius 2 is 2.00 bits per heavy atom. The van der Waals surface area contributed by atoms with Gasteiger partial charge in [0, 0.05) is 24.8 Å². The Hall–Kier alpha value is -2.75. The van der Waals surface area contributed by atoms with Gasteiger partial charge in [0.2, 0.25) is 0 Å². The molecule has 0 aliphatic carbocycles. The molecule has 0 saturated carbocycles. The summed E-state index contributed by atoms with van der Waals surface area (Å²) in [6.07, 6.45) is 2.90. The molecule has 0 saturated heterocycles. The number of carbonyl (C=O) groups is 1. The zero-order chi connectivity index (χ0) is 16.2. The van der Waals surface area contributed by atoms with E-state index in [1.54, 1.807) is 18.2 Å². The van der Waals surface area contributed by atoms with Crippen molar-refractivity contribution in [2.75, 3.05) is 6.54 Å². The van der Waals surface area contributed by atoms with Gasteiger partial charge in [-0.2, -0.15) is 0 Å². The number of phenols is 1. The van der Waals surface area contributed by atoms with Gasteiger partial charge in [0.15, 0.2) is 0 Å². The van der Waals surface area contributed by atoms with Gasteiger partial charge in [0.1, 0.15) is 5.75 Å². The second-order valence-electron chi connectivity index (χ2n) is 5.70. The number of hydrogen-bond acceptors (Lipinski definition) is 2. The van der Waals surface area contributed by atoms with Crippen LogP contribution in [-0.2, 0) is 6.54 Å². The van der Waals surface area contributed by atoms with Gasteiger partial charge in [-0.3, -0.25) is 4.79 Å². The first-order valence-corrected chi connectivity index (χ1v) is 7.77. The number of nitrogens with one attached hydrogen (secondary N) is 1. The lowest BCUT2D eigenvalue weighted by Gasteiger charge is -2.09. The number of amides is 1. The minimum atomic E-state index is -0.233. The Labute approximate surface area is 135 Å². The van der Waals surface area contributed by atoms with E-state index in [0.29, 0.717) is 12.1 Å². The fourth-order valence-electron chi connectivity index (χ4n) is 2.71. The number of nitrogens with zero attached hydrogens (tertiary/aromatic N) is 1. The lowest BCUT2D eigenvalue weighted by Crippen LogP contribution is -2.25. The third-order valence-corrected chi connectivity index (χ3v) is 3.94. The molecule has 0 aliphatic heterocycles. The van der Waals surface area contributed by atoms with E-state index >= 15 is 0 Å². The van der Waals surface area contributed by atoms with Crippen molar-refractivity contribution in [3.63, 3.8) is 0 Å². The summed E-state index contributed by atoms with van der Waals surface area (Å²) in [4.78, 5) is 12.1. The summed E-state index contributed by atoms with van der Waals surface area (Å²) in [7, 11) is 0. The van der Waals surface area contributed by atoms with Gasteiger partial charge in [-0.25, -0.2) is 0 Å². The third-order valence-electron chi connectivity index (χ3n) is 3.94. The van der Waals surface area contributed by atoms with Crippen molar-refractivity contribution < 1.29 is 9.90 Å². The zero-order valence-electron chi connectivity index (χ0n) is 13.1. The SMILES string of the molecule is Cc1ccc(O)c(C(=O)NCCCn2ccc3ccccc32)c1. The van der Waals surface area contributed by atoms with Crippen LogP contribution in [0.1, 0.15) is 22.3 Å². The van der Waals surface area contributed by atoms with Crippen molar-refractivity contribution in [2.24, 2.45) is 0 Å². The lowest BCUT2D eigenvalue weighted by molar-refractivity contribution is 0.0950. The smallest absolute Gasteiger partial charge is 0.255 e. The first-order valence-electron chi connectivity index (χ1n) is 7.77. The van der Waals surface area contributed by atoms with Crippen molar-refractivity contribution in [3.8, 4) is 5.75 Å². The number of fused-ring (bicyclic) bond motifs is 1. The number of phenolic OH excluding ortho intramolecular Hbond substituents is 1. The number of aryl methyl sites for hydroxylation is 2. The summed E-state index contributed by atoms with van der Waals surface area (Å²) in [5.74, 6) is -0.215. The average Bonchev–Trinajstić information content (AvgIpc) is 2.97. The Bertz CT molecular complexity index is 836. The largest absolute Gasteiger partial charge is 0.507 e. The predicted octanol–water partition coefficient (Wildman–Crippen LogP) is 3.48. The third kappa shape index (κ3) is 3.37. The molecule has 0 unspecified atom stereocenters. The van der Waals surface area contributed by atoms with Gasteiger partial charge in [0.25, 0.3) is 5.91 Å². The highest BCUT2D eigenvalue weighted by atomic mass is 16.3. The molecule has 0 spiro atoms. The number of hydrogen-bond donors (Lipinski definition) is 2. The molecular weight excluding hydrogens is 288 g/mol. The van der Waals surface area contributed by atoms with E-state index in [2.05, 4.69) is 34.3 Å². The van der Waals surface area contributed by atoms with Crippen LogP contribution in [0.2, 0.25) is 0 Å². The topological polar surface area (TPSA) is 54.3 Å². The lowest BCUT2D eigenvalue weighted by atomic mass is 10.1. The molecule has 0 fully saturated rings. The minimum absolute atomic E-state index is 0.0181. The molecular formula is C19H20N2O2. The summed E-state index contributed by atoms with van der Waals surface area (Å²) in [6.45, 7) is 3.31. The van der Waals surface area contributed by atoms with Crippen LogP contribution >= 0.6 is 0 Å². The second-order valence-corrected chi connectivity index (χ2v) is 5.70. The van der Waals surface area contributed by atoms with Crippen molar-refractivity contribution in [1.29, 1.82) is 0 Å². The number of para-hydroxylation sites is 1. The summed E-state index contributed by atoms with van der Waals surface area (Å²) < 4.78 is 2.19. The fourth-order valence-corrected chi connectivity index (χ4v) is 2.71. The molecule has 3 rings (SSSR count). The van der Waals surface area contributed by atoms with Gasteiger partial charge in [0.05, 0.1) is 5.56 Å². The highest BCUT2D eigenvalue weighted by Crippen LogP contribution is 2.18. The molecule has 3 aromatic rings. The van der Waals surface area contributed by atoms with E-state index in [4.69, 9.17) is 0 Å². The standard InChI is InChI=1S/C19H20N2O2/c1-14-7-8-18(22)16(13-14)19(23)20-10-4-11-21-12-9-15-5-2-3-6-17(15)21/h2-3,5-9,12-13,22H,4,10-11H2,1H3,(H,20,23). The number of benzene rings is 2. The maximum atomic E-state index is 12.1. The van der Waals surface area contributed by atoms with Crippen molar-refractivity contribution >= 4 is 16.8 Å². The van der Waals surface area contributed by atoms with Crippen molar-refractivity contribution in [1.82, 2.24) is 9.88 Å². The molecule has 2 N–H and O–H groups in total. The maximum absolute atomic E-state index is 12.1. The van der Waals surface area contributed by atoms with E-state index in [1.165, 1.54) is 10.9 Å². The molecule has 0 radical (unpaired) electrons. The Morgan fingerprint density at radius 3 is 2.87 bits per heavy atom. The predicted molar refractivity (Wildman–Crippen MR) is 91.7 cm³/mol. The van der Waals surface area contributed by atoms with Crippen LogP contribution in [0.25, 0.3) is 10.9 Å². The van der Waals surface area contributed by atoms with Gasteiger partial charge in [-0.05, 0) is 43.0 Å². The Kier molecular flexibility index (Phi) is 4.33. The summed E-state index contributed by atoms with van der Waals surface area (Å²) in [6, 6.07) is 15.4. The van der Waals surface area contributed by atoms with Gasteiger partial charge < -0.3 is 15.0 Å². The maximum Gasteiger partial charge on any atom is 0.255 e. The Balaban J connectivity index is 1.55. The van der Waals surface area contributed by atoms with Crippen LogP contribution in [0.5, 0.6) is 5.75 Å². The van der Waals surface area contributed by atoms with E-state index in [-0.39, 0.29) is 11.7 Å². The molecule has 1 aromatic heterocycles. The molecule has 0 aliphatic rings. The van der Waals surface area contributed by atoms with Crippen LogP contribution in [0.3, 0.4) is 0 Å². The van der Waals surface area contributed by atoms with Crippen LogP contribution in [0.15, 0.2) is 54.7 Å². The minimum Gasteiger partial charge on any atom is -0.507 e. The molecule has 118 valence electrons. The summed E-state index contributed by atoms with van der Waals surface area (Å²) in [5, 5.41) is 13.9. The van der Waals surface area contributed by atoms with Crippen LogP contribution in [0, 0.1) is 6.92 Å². The molecule has 4 nitrogen and oxygen atoms in total. The molecule has 1 heterocycles. The van der Waals surface area contributed by atoms with E-state index in [1.807, 2.05) is 19.1 Å². The fraction of sp³-hybridized carbons (Fsp3) is 0.211. The number of aromatic hydroxyl groups is 1. The van der Waals surface area contributed by atoms with Gasteiger partial charge in [-0.1, -0.05) is 29.8 Å². The molecule has 2 aromatic carbocycles. The summed E-state index contributed by atoms with van der Waals surface area (Å²) >= 11 is 0. The second kappa shape index (κ2) is 6.57. The average molecular weight is 308 g/mol. The van der Waals surface area contributed by atoms with Gasteiger partial charge in [-0.15, -0.1) is 0 Å². The monoisotopic (exact) mass is 308 g/mol. The highest BCUT2D eigenvalue weighted by Gasteiger charge is 2.10.